The Bertz CT molecular complexity index is 81.8. The van der Waals surface area contributed by atoms with Gasteiger partial charge in [0.25, 0.3) is 0 Å². The third-order valence-electron chi connectivity index (χ3n) is 0.281. The highest BCUT2D eigenvalue weighted by Crippen LogP contribution is 2.13. The van der Waals surface area contributed by atoms with Crippen LogP contribution in [0.5, 0.6) is 0 Å². The molecule has 0 saturated carbocycles. The van der Waals surface area contributed by atoms with Crippen molar-refractivity contribution in [3.8, 4) is 0 Å². The molecule has 0 heterocycles. The van der Waals surface area contributed by atoms with Gasteiger partial charge < -0.3 is 4.84 Å². The van der Waals surface area contributed by atoms with Gasteiger partial charge in [0.15, 0.2) is 0 Å². The first-order valence-electron chi connectivity index (χ1n) is 1.57. The molecular formula is C2H2F3NOS. The Morgan fingerprint density at radius 2 is 2.00 bits per heavy atom. The lowest BCUT2D eigenvalue weighted by molar-refractivity contribution is -0.172. The van der Waals surface area contributed by atoms with Crippen LogP contribution < -0.4 is 0 Å². The molecule has 0 amide bonds. The van der Waals surface area contributed by atoms with Crippen LogP contribution in [0.1, 0.15) is 0 Å². The second-order valence-corrected chi connectivity index (χ2v) is 1.11. The quantitative estimate of drug-likeness (QED) is 0.544. The average Bonchev–Trinajstić information content (AvgIpc) is 1.59. The van der Waals surface area contributed by atoms with Crippen LogP contribution in [-0.2, 0) is 17.3 Å². The fourth-order valence-corrected chi connectivity index (χ4v) is 0.152. The predicted octanol–water partition coefficient (Wildman–Crippen LogP) is 1.21. The van der Waals surface area contributed by atoms with E-state index in [4.69, 9.17) is 0 Å². The molecule has 0 aromatic carbocycles. The largest absolute Gasteiger partial charge is 0.425 e. The van der Waals surface area contributed by atoms with E-state index >= 15 is 0 Å². The fraction of sp³-hybridized carbons (Fsp3) is 1.00. The molecule has 0 unspecified atom stereocenters. The molecule has 0 aromatic rings. The van der Waals surface area contributed by atoms with Crippen LogP contribution in [-0.4, -0.2) is 12.8 Å². The van der Waals surface area contributed by atoms with Crippen LogP contribution in [0.4, 0.5) is 13.2 Å². The number of nitrogens with zero attached hydrogens (tertiary/aromatic N) is 1. The second kappa shape index (κ2) is 2.81. The Kier molecular flexibility index (Phi) is 2.67. The van der Waals surface area contributed by atoms with Crippen molar-refractivity contribution in [2.24, 2.45) is 4.53 Å². The molecule has 48 valence electrons. The van der Waals surface area contributed by atoms with Gasteiger partial charge in [-0.2, -0.15) is 13.2 Å². The van der Waals surface area contributed by atoms with Gasteiger partial charge in [0.2, 0.25) is 6.61 Å². The summed E-state index contributed by atoms with van der Waals surface area (Å²) in [5, 5.41) is 0. The van der Waals surface area contributed by atoms with Gasteiger partial charge >= 0.3 is 6.18 Å². The van der Waals surface area contributed by atoms with Gasteiger partial charge in [0.1, 0.15) is 0 Å². The van der Waals surface area contributed by atoms with Crippen LogP contribution in [0.3, 0.4) is 0 Å². The van der Waals surface area contributed by atoms with Crippen molar-refractivity contribution < 1.29 is 18.0 Å². The molecule has 0 N–H and O–H groups in total. The zero-order chi connectivity index (χ0) is 6.62. The van der Waals surface area contributed by atoms with Crippen molar-refractivity contribution in [1.29, 1.82) is 0 Å². The van der Waals surface area contributed by atoms with E-state index in [0.29, 0.717) is 0 Å². The van der Waals surface area contributed by atoms with E-state index in [0.717, 1.165) is 0 Å². The van der Waals surface area contributed by atoms with E-state index in [2.05, 4.69) is 21.8 Å². The number of hydrogen-bond acceptors (Lipinski definition) is 3. The third kappa shape index (κ3) is 5.61. The highest BCUT2D eigenvalue weighted by Gasteiger charge is 2.28. The van der Waals surface area contributed by atoms with E-state index in [1.807, 2.05) is 0 Å². The summed E-state index contributed by atoms with van der Waals surface area (Å²) in [5.74, 6) is 0. The molecular weight excluding hydrogens is 143 g/mol. The zero-order valence-electron chi connectivity index (χ0n) is 3.60. The Morgan fingerprint density at radius 1 is 1.50 bits per heavy atom. The fourth-order valence-electron chi connectivity index (χ4n) is 0.0995. The standard InChI is InChI=1S/C2H2F3NOS/c3-2(4,5)1-7-6-8/h1H2. The highest BCUT2D eigenvalue weighted by atomic mass is 32.1. The molecule has 8 heavy (non-hydrogen) atoms. The lowest BCUT2D eigenvalue weighted by atomic mass is 10.7. The molecule has 0 bridgehead atoms. The molecule has 0 fully saturated rings. The molecule has 0 radical (unpaired) electrons. The number of rotatable bonds is 2. The molecule has 0 spiro atoms. The van der Waals surface area contributed by atoms with Crippen molar-refractivity contribution in [2.75, 3.05) is 6.61 Å². The van der Waals surface area contributed by atoms with E-state index in [9.17, 15) is 13.2 Å². The van der Waals surface area contributed by atoms with Crippen LogP contribution in [0.25, 0.3) is 0 Å². The van der Waals surface area contributed by atoms with Crippen LogP contribution in [0, 0.1) is 0 Å². The number of halogens is 3. The molecule has 0 saturated heterocycles. The maximum absolute atomic E-state index is 11.0. The summed E-state index contributed by atoms with van der Waals surface area (Å²) >= 11 is 3.72. The van der Waals surface area contributed by atoms with Crippen LogP contribution in [0.2, 0.25) is 0 Å². The smallest absolute Gasteiger partial charge is 0.376 e. The van der Waals surface area contributed by atoms with Gasteiger partial charge in [-0.15, -0.1) is 0 Å². The molecule has 2 nitrogen and oxygen atoms in total. The van der Waals surface area contributed by atoms with Crippen molar-refractivity contribution in [1.82, 2.24) is 0 Å². The van der Waals surface area contributed by atoms with Crippen molar-refractivity contribution in [3.05, 3.63) is 0 Å². The summed E-state index contributed by atoms with van der Waals surface area (Å²) in [6.45, 7) is -1.41. The third-order valence-corrected chi connectivity index (χ3v) is 0.386. The van der Waals surface area contributed by atoms with Gasteiger partial charge in [0, 0.05) is 0 Å². The maximum Gasteiger partial charge on any atom is 0.425 e. The van der Waals surface area contributed by atoms with E-state index < -0.39 is 12.8 Å². The summed E-state index contributed by atoms with van der Waals surface area (Å²) in [4.78, 5) is 3.51. The van der Waals surface area contributed by atoms with Gasteiger partial charge in [-0.3, -0.25) is 0 Å². The second-order valence-electron chi connectivity index (χ2n) is 0.963. The van der Waals surface area contributed by atoms with Crippen molar-refractivity contribution in [2.45, 2.75) is 6.18 Å². The van der Waals surface area contributed by atoms with Gasteiger partial charge in [-0.1, -0.05) is 0 Å². The maximum atomic E-state index is 11.0. The summed E-state index contributed by atoms with van der Waals surface area (Å²) in [5.41, 5.74) is 0. The summed E-state index contributed by atoms with van der Waals surface area (Å²) < 4.78 is 35.4. The minimum absolute atomic E-state index is 1.41. The first-order chi connectivity index (χ1) is 3.56. The van der Waals surface area contributed by atoms with E-state index in [1.165, 1.54) is 0 Å². The van der Waals surface area contributed by atoms with Crippen LogP contribution in [0.15, 0.2) is 4.53 Å². The first kappa shape index (κ1) is 7.61. The molecule has 0 atom stereocenters. The molecule has 6 heteroatoms. The first-order valence-corrected chi connectivity index (χ1v) is 1.94. The lowest BCUT2D eigenvalue weighted by Crippen LogP contribution is -2.14. The lowest BCUT2D eigenvalue weighted by Gasteiger charge is -2.00. The SMILES string of the molecule is FC(F)(F)CON=S. The van der Waals surface area contributed by atoms with Crippen molar-refractivity contribution >= 4 is 12.4 Å². The van der Waals surface area contributed by atoms with Crippen LogP contribution >= 0.6 is 0 Å². The zero-order valence-corrected chi connectivity index (χ0v) is 4.42. The Balaban J connectivity index is 3.24. The molecule has 0 aromatic heterocycles. The monoisotopic (exact) mass is 145 g/mol. The van der Waals surface area contributed by atoms with E-state index in [1.54, 1.807) is 0 Å². The summed E-state index contributed by atoms with van der Waals surface area (Å²) in [6, 6.07) is 0. The van der Waals surface area contributed by atoms with Gasteiger partial charge in [0.05, 0.1) is 12.4 Å². The Morgan fingerprint density at radius 3 is 2.12 bits per heavy atom. The van der Waals surface area contributed by atoms with Gasteiger partial charge in [-0.25, -0.2) is 0 Å². The van der Waals surface area contributed by atoms with E-state index in [-0.39, 0.29) is 0 Å². The Labute approximate surface area is 48.8 Å². The Hall–Kier alpha value is -0.390. The minimum atomic E-state index is -4.33. The molecule has 0 aliphatic carbocycles. The van der Waals surface area contributed by atoms with Gasteiger partial charge in [-0.05, 0) is 4.53 Å². The molecule has 0 aliphatic rings. The number of alkyl halides is 3. The molecule has 0 aliphatic heterocycles. The van der Waals surface area contributed by atoms with Crippen molar-refractivity contribution in [3.63, 3.8) is 0 Å². The molecule has 0 rings (SSSR count). The highest BCUT2D eigenvalue weighted by molar-refractivity contribution is 7.47. The minimum Gasteiger partial charge on any atom is -0.376 e. The summed E-state index contributed by atoms with van der Waals surface area (Å²) in [6.07, 6.45) is -4.33. The number of hydrogen-bond donors (Lipinski definition) is 0. The normalized spacial score (nSPS) is 10.9. The predicted molar refractivity (Wildman–Crippen MR) is 21.8 cm³/mol. The average molecular weight is 145 g/mol. The topological polar surface area (TPSA) is 21.6 Å². The summed E-state index contributed by atoms with van der Waals surface area (Å²) in [7, 11) is 0.